The van der Waals surface area contributed by atoms with Gasteiger partial charge in [0.2, 0.25) is 0 Å². The van der Waals surface area contributed by atoms with Crippen LogP contribution >= 0.6 is 0 Å². The van der Waals surface area contributed by atoms with Gasteiger partial charge in [0.25, 0.3) is 0 Å². The highest BCUT2D eigenvalue weighted by Gasteiger charge is 2.15. The number of carboxylic acid groups (broad SMARTS) is 1. The van der Waals surface area contributed by atoms with E-state index in [1.807, 2.05) is 4.90 Å². The lowest BCUT2D eigenvalue weighted by atomic mass is 10.1. The fourth-order valence-electron chi connectivity index (χ4n) is 1.50. The van der Waals surface area contributed by atoms with Gasteiger partial charge in [0, 0.05) is 19.2 Å². The number of β-amino-alcohol motifs (C(OH)–C–C–N with tert-alkyl or cyclic N) is 1. The van der Waals surface area contributed by atoms with Gasteiger partial charge in [-0.2, -0.15) is 0 Å². The lowest BCUT2D eigenvalue weighted by molar-refractivity contribution is -0.131. The van der Waals surface area contributed by atoms with Gasteiger partial charge in [0.05, 0.1) is 6.10 Å². The minimum atomic E-state index is -0.919. The van der Waals surface area contributed by atoms with Gasteiger partial charge in [-0.05, 0) is 19.4 Å². The number of carboxylic acids is 1. The molecule has 1 rings (SSSR count). The molecule has 1 aliphatic heterocycles. The van der Waals surface area contributed by atoms with Gasteiger partial charge in [-0.1, -0.05) is 6.08 Å². The zero-order valence-corrected chi connectivity index (χ0v) is 7.52. The van der Waals surface area contributed by atoms with E-state index in [2.05, 4.69) is 0 Å². The normalized spacial score (nSPS) is 25.2. The molecule has 1 heterocycles. The molecule has 1 aliphatic rings. The first kappa shape index (κ1) is 10.2. The summed E-state index contributed by atoms with van der Waals surface area (Å²) in [6.45, 7) is 2.22. The van der Waals surface area contributed by atoms with Crippen molar-refractivity contribution in [2.75, 3.05) is 19.6 Å². The van der Waals surface area contributed by atoms with Crippen molar-refractivity contribution in [3.63, 3.8) is 0 Å². The predicted molar refractivity (Wildman–Crippen MR) is 48.5 cm³/mol. The van der Waals surface area contributed by atoms with Gasteiger partial charge in [-0.25, -0.2) is 4.79 Å². The third kappa shape index (κ3) is 4.05. The van der Waals surface area contributed by atoms with Crippen LogP contribution in [0.4, 0.5) is 0 Å². The summed E-state index contributed by atoms with van der Waals surface area (Å²) in [6.07, 6.45) is 4.36. The van der Waals surface area contributed by atoms with E-state index < -0.39 is 5.97 Å². The molecule has 1 saturated heterocycles. The maximum atomic E-state index is 10.2. The Kier molecular flexibility index (Phi) is 3.92. The largest absolute Gasteiger partial charge is 0.478 e. The van der Waals surface area contributed by atoms with E-state index in [9.17, 15) is 9.90 Å². The molecule has 4 nitrogen and oxygen atoms in total. The Morgan fingerprint density at radius 1 is 1.62 bits per heavy atom. The van der Waals surface area contributed by atoms with Crippen molar-refractivity contribution in [1.82, 2.24) is 4.90 Å². The van der Waals surface area contributed by atoms with Gasteiger partial charge in [0.15, 0.2) is 0 Å². The van der Waals surface area contributed by atoms with Gasteiger partial charge < -0.3 is 10.2 Å². The number of carbonyl (C=O) groups is 1. The second-order valence-corrected chi connectivity index (χ2v) is 3.30. The number of hydrogen-bond acceptors (Lipinski definition) is 3. The van der Waals surface area contributed by atoms with Crippen molar-refractivity contribution in [1.29, 1.82) is 0 Å². The summed E-state index contributed by atoms with van der Waals surface area (Å²) >= 11 is 0. The number of rotatable bonds is 3. The predicted octanol–water partition coefficient (Wildman–Crippen LogP) is 0.0839. The van der Waals surface area contributed by atoms with Crippen molar-refractivity contribution < 1.29 is 15.0 Å². The number of hydrogen-bond donors (Lipinski definition) is 2. The molecule has 0 aromatic heterocycles. The highest BCUT2D eigenvalue weighted by Crippen LogP contribution is 2.08. The van der Waals surface area contributed by atoms with Crippen LogP contribution in [0, 0.1) is 0 Å². The van der Waals surface area contributed by atoms with Crippen molar-refractivity contribution in [3.05, 3.63) is 12.2 Å². The van der Waals surface area contributed by atoms with E-state index >= 15 is 0 Å². The molecule has 0 amide bonds. The van der Waals surface area contributed by atoms with Gasteiger partial charge in [-0.3, -0.25) is 4.90 Å². The smallest absolute Gasteiger partial charge is 0.328 e. The van der Waals surface area contributed by atoms with Crippen molar-refractivity contribution >= 4 is 5.97 Å². The molecule has 0 aromatic carbocycles. The van der Waals surface area contributed by atoms with Gasteiger partial charge in [-0.15, -0.1) is 0 Å². The first-order valence-electron chi connectivity index (χ1n) is 4.48. The van der Waals surface area contributed by atoms with Crippen LogP contribution in [0.15, 0.2) is 12.2 Å². The molecule has 0 radical (unpaired) electrons. The number of aliphatic hydroxyl groups is 1. The molecule has 2 N–H and O–H groups in total. The van der Waals surface area contributed by atoms with E-state index in [1.54, 1.807) is 6.08 Å². The van der Waals surface area contributed by atoms with Crippen molar-refractivity contribution in [2.24, 2.45) is 0 Å². The molecule has 0 saturated carbocycles. The molecule has 0 aromatic rings. The average molecular weight is 185 g/mol. The lowest BCUT2D eigenvalue weighted by Crippen LogP contribution is -2.38. The minimum Gasteiger partial charge on any atom is -0.478 e. The fourth-order valence-corrected chi connectivity index (χ4v) is 1.50. The summed E-state index contributed by atoms with van der Waals surface area (Å²) in [5, 5.41) is 17.6. The molecule has 0 bridgehead atoms. The summed E-state index contributed by atoms with van der Waals surface area (Å²) in [5.41, 5.74) is 0. The van der Waals surface area contributed by atoms with E-state index in [4.69, 9.17) is 5.11 Å². The minimum absolute atomic E-state index is 0.244. The average Bonchev–Trinajstić information content (AvgIpc) is 2.03. The molecule has 0 aliphatic carbocycles. The molecule has 1 fully saturated rings. The third-order valence-electron chi connectivity index (χ3n) is 2.10. The molecule has 1 atom stereocenters. The Morgan fingerprint density at radius 2 is 2.38 bits per heavy atom. The molecule has 13 heavy (non-hydrogen) atoms. The molecule has 1 unspecified atom stereocenters. The number of aliphatic carboxylic acids is 1. The third-order valence-corrected chi connectivity index (χ3v) is 2.10. The summed E-state index contributed by atoms with van der Waals surface area (Å²) in [4.78, 5) is 12.2. The number of piperidine rings is 1. The van der Waals surface area contributed by atoms with E-state index in [1.165, 1.54) is 0 Å². The van der Waals surface area contributed by atoms with Crippen LogP contribution in [0.2, 0.25) is 0 Å². The Bertz CT molecular complexity index is 203. The van der Waals surface area contributed by atoms with Gasteiger partial charge >= 0.3 is 5.97 Å². The number of nitrogens with zero attached hydrogens (tertiary/aromatic N) is 1. The van der Waals surface area contributed by atoms with Crippen LogP contribution < -0.4 is 0 Å². The van der Waals surface area contributed by atoms with Crippen LogP contribution in [0.3, 0.4) is 0 Å². The Hall–Kier alpha value is -0.870. The molecule has 74 valence electrons. The summed E-state index contributed by atoms with van der Waals surface area (Å²) in [6, 6.07) is 0. The molecular weight excluding hydrogens is 170 g/mol. The Labute approximate surface area is 77.5 Å². The Balaban J connectivity index is 2.24. The summed E-state index contributed by atoms with van der Waals surface area (Å²) < 4.78 is 0. The monoisotopic (exact) mass is 185 g/mol. The number of aliphatic hydroxyl groups excluding tert-OH is 1. The van der Waals surface area contributed by atoms with Crippen molar-refractivity contribution in [2.45, 2.75) is 18.9 Å². The van der Waals surface area contributed by atoms with E-state index in [0.29, 0.717) is 13.1 Å². The zero-order chi connectivity index (χ0) is 9.68. The highest BCUT2D eigenvalue weighted by molar-refractivity contribution is 5.79. The first-order chi connectivity index (χ1) is 6.18. The summed E-state index contributed by atoms with van der Waals surface area (Å²) in [7, 11) is 0. The van der Waals surface area contributed by atoms with Crippen LogP contribution in [0.1, 0.15) is 12.8 Å². The molecular formula is C9H15NO3. The van der Waals surface area contributed by atoms with E-state index in [0.717, 1.165) is 25.5 Å². The first-order valence-corrected chi connectivity index (χ1v) is 4.48. The topological polar surface area (TPSA) is 60.8 Å². The quantitative estimate of drug-likeness (QED) is 0.611. The maximum absolute atomic E-state index is 10.2. The molecule has 4 heteroatoms. The Morgan fingerprint density at radius 3 is 3.00 bits per heavy atom. The standard InChI is InChI=1S/C9H15NO3/c11-8-3-1-5-10(7-8)6-2-4-9(12)13/h2,4,8,11H,1,3,5-7H2,(H,12,13)/b4-2+. The lowest BCUT2D eigenvalue weighted by Gasteiger charge is -2.28. The van der Waals surface area contributed by atoms with Crippen molar-refractivity contribution in [3.8, 4) is 0 Å². The zero-order valence-electron chi connectivity index (χ0n) is 7.52. The second-order valence-electron chi connectivity index (χ2n) is 3.30. The number of likely N-dealkylation sites (tertiary alicyclic amines) is 1. The van der Waals surface area contributed by atoms with Crippen LogP contribution in [0.25, 0.3) is 0 Å². The fraction of sp³-hybridized carbons (Fsp3) is 0.667. The maximum Gasteiger partial charge on any atom is 0.328 e. The second kappa shape index (κ2) is 4.99. The van der Waals surface area contributed by atoms with Crippen LogP contribution in [-0.4, -0.2) is 46.8 Å². The highest BCUT2D eigenvalue weighted by atomic mass is 16.4. The van der Waals surface area contributed by atoms with Crippen LogP contribution in [-0.2, 0) is 4.79 Å². The molecule has 0 spiro atoms. The SMILES string of the molecule is O=C(O)/C=C/CN1CCCC(O)C1. The summed E-state index contributed by atoms with van der Waals surface area (Å²) in [5.74, 6) is -0.919. The van der Waals surface area contributed by atoms with E-state index in [-0.39, 0.29) is 6.10 Å². The van der Waals surface area contributed by atoms with Crippen LogP contribution in [0.5, 0.6) is 0 Å². The van der Waals surface area contributed by atoms with Gasteiger partial charge in [0.1, 0.15) is 0 Å².